The summed E-state index contributed by atoms with van der Waals surface area (Å²) < 4.78 is 38.6. The first-order valence-electron chi connectivity index (χ1n) is 12.8. The third-order valence-electron chi connectivity index (χ3n) is 7.30. The van der Waals surface area contributed by atoms with Crippen molar-refractivity contribution in [2.75, 3.05) is 26.3 Å². The van der Waals surface area contributed by atoms with E-state index < -0.39 is 16.6 Å². The molecular weight excluding hydrogens is 495 g/mol. The van der Waals surface area contributed by atoms with Crippen LogP contribution in [0.25, 0.3) is 22.9 Å². The second-order valence-corrected chi connectivity index (χ2v) is 12.4. The molecule has 4 heterocycles. The fraction of sp³-hybridized carbons (Fsp3) is 0.577. The third-order valence-corrected chi connectivity index (χ3v) is 9.12. The highest BCUT2D eigenvalue weighted by Crippen LogP contribution is 2.38. The van der Waals surface area contributed by atoms with Gasteiger partial charge in [-0.05, 0) is 66.6 Å². The Labute approximate surface area is 219 Å². The Morgan fingerprint density at radius 2 is 1.92 bits per heavy atom. The van der Waals surface area contributed by atoms with Crippen LogP contribution < -0.4 is 4.74 Å². The number of benzene rings is 1. The van der Waals surface area contributed by atoms with E-state index in [4.69, 9.17) is 9.72 Å². The predicted octanol–water partition coefficient (Wildman–Crippen LogP) is 3.57. The van der Waals surface area contributed by atoms with E-state index >= 15 is 4.39 Å². The lowest BCUT2D eigenvalue weighted by Crippen LogP contribution is -2.51. The second-order valence-electron chi connectivity index (χ2n) is 10.7. The highest BCUT2D eigenvalue weighted by atomic mass is 32.2. The molecule has 200 valence electrons. The molecule has 0 saturated carbocycles. The van der Waals surface area contributed by atoms with Crippen molar-refractivity contribution in [1.82, 2.24) is 29.2 Å². The van der Waals surface area contributed by atoms with Crippen molar-refractivity contribution in [3.8, 4) is 28.7 Å². The smallest absolute Gasteiger partial charge is 0.178 e. The maximum absolute atomic E-state index is 15.3. The molecule has 1 N–H and O–H groups in total. The largest absolute Gasteiger partial charge is 0.491 e. The van der Waals surface area contributed by atoms with Gasteiger partial charge in [0, 0.05) is 29.1 Å². The molecule has 0 radical (unpaired) electrons. The minimum atomic E-state index is -1.52. The Kier molecular flexibility index (Phi) is 6.97. The Hall–Kier alpha value is -2.63. The number of likely N-dealkylation sites (tertiary alicyclic amines) is 1. The summed E-state index contributed by atoms with van der Waals surface area (Å²) >= 11 is 0. The second kappa shape index (κ2) is 9.92. The molecule has 1 saturated heterocycles. The first-order valence-corrected chi connectivity index (χ1v) is 14.0. The molecule has 9 nitrogen and oxygen atoms in total. The molecule has 1 unspecified atom stereocenters. The molecule has 2 aliphatic rings. The summed E-state index contributed by atoms with van der Waals surface area (Å²) in [5, 5.41) is 14.0. The van der Waals surface area contributed by atoms with Gasteiger partial charge in [0.2, 0.25) is 0 Å². The van der Waals surface area contributed by atoms with Gasteiger partial charge < -0.3 is 14.4 Å². The lowest BCUT2D eigenvalue weighted by Gasteiger charge is -2.41. The number of halogens is 1. The average Bonchev–Trinajstić information content (AvgIpc) is 3.43. The topological polar surface area (TPSA) is 98.3 Å². The van der Waals surface area contributed by atoms with Gasteiger partial charge in [-0.3, -0.25) is 9.11 Å². The van der Waals surface area contributed by atoms with Gasteiger partial charge in [-0.2, -0.15) is 5.10 Å². The van der Waals surface area contributed by atoms with E-state index in [-0.39, 0.29) is 28.3 Å². The Bertz CT molecular complexity index is 1330. The Morgan fingerprint density at radius 1 is 1.19 bits per heavy atom. The number of rotatable bonds is 6. The van der Waals surface area contributed by atoms with Gasteiger partial charge in [-0.25, -0.2) is 19.0 Å². The Morgan fingerprint density at radius 3 is 2.59 bits per heavy atom. The van der Waals surface area contributed by atoms with Gasteiger partial charge in [-0.15, -0.1) is 0 Å². The summed E-state index contributed by atoms with van der Waals surface area (Å²) in [6.45, 7) is 12.3. The summed E-state index contributed by atoms with van der Waals surface area (Å²) in [7, 11) is -1.52. The molecule has 0 spiro atoms. The van der Waals surface area contributed by atoms with E-state index in [0.717, 1.165) is 0 Å². The van der Waals surface area contributed by atoms with Crippen LogP contribution in [0.4, 0.5) is 4.39 Å². The minimum absolute atomic E-state index is 0.0574. The van der Waals surface area contributed by atoms with Crippen molar-refractivity contribution >= 4 is 10.8 Å². The van der Waals surface area contributed by atoms with Gasteiger partial charge in [0.1, 0.15) is 35.5 Å². The summed E-state index contributed by atoms with van der Waals surface area (Å²) in [6.07, 6.45) is 3.27. The van der Waals surface area contributed by atoms with Gasteiger partial charge >= 0.3 is 0 Å². The highest BCUT2D eigenvalue weighted by molar-refractivity contribution is 7.85. The molecule has 3 aromatic rings. The SMILES string of the molecule is Cc1nc(-c2cn3c(n2)-c2cc(S(=O)C4CCN(C(C)(C)CO)CC4)c(F)cc2OCC3)n(C(C)C)n1. The number of imidazole rings is 1. The van der Waals surface area contributed by atoms with E-state index in [9.17, 15) is 9.32 Å². The molecule has 0 aliphatic carbocycles. The summed E-state index contributed by atoms with van der Waals surface area (Å²) in [6, 6.07) is 3.11. The number of hydrogen-bond donors (Lipinski definition) is 1. The van der Waals surface area contributed by atoms with E-state index in [1.807, 2.05) is 50.1 Å². The molecule has 2 aliphatic heterocycles. The van der Waals surface area contributed by atoms with Crippen molar-refractivity contribution in [2.45, 2.75) is 75.7 Å². The number of aryl methyl sites for hydroxylation is 1. The number of aliphatic hydroxyl groups is 1. The zero-order valence-corrected chi connectivity index (χ0v) is 22.9. The van der Waals surface area contributed by atoms with Crippen LogP contribution in [-0.4, -0.2) is 75.6 Å². The number of nitrogens with zero attached hydrogens (tertiary/aromatic N) is 6. The number of fused-ring (bicyclic) bond motifs is 3. The van der Waals surface area contributed by atoms with E-state index in [1.165, 1.54) is 6.07 Å². The van der Waals surface area contributed by atoms with Crippen molar-refractivity contribution in [3.05, 3.63) is 30.0 Å². The molecule has 37 heavy (non-hydrogen) atoms. The summed E-state index contributed by atoms with van der Waals surface area (Å²) in [5.41, 5.74) is 0.981. The van der Waals surface area contributed by atoms with Crippen molar-refractivity contribution in [2.24, 2.45) is 0 Å². The molecule has 5 rings (SSSR count). The molecule has 1 aromatic carbocycles. The number of hydrogen-bond acceptors (Lipinski definition) is 7. The van der Waals surface area contributed by atoms with Gasteiger partial charge in [0.25, 0.3) is 0 Å². The monoisotopic (exact) mass is 530 g/mol. The molecular formula is C26H35FN6O3S. The summed E-state index contributed by atoms with van der Waals surface area (Å²) in [4.78, 5) is 11.9. The lowest BCUT2D eigenvalue weighted by atomic mass is 9.99. The average molecular weight is 531 g/mol. The van der Waals surface area contributed by atoms with Crippen LogP contribution in [0.1, 0.15) is 52.4 Å². The van der Waals surface area contributed by atoms with Crippen LogP contribution in [0.15, 0.2) is 23.2 Å². The lowest BCUT2D eigenvalue weighted by molar-refractivity contribution is 0.0434. The van der Waals surface area contributed by atoms with E-state index in [1.54, 1.807) is 6.07 Å². The Balaban J connectivity index is 1.48. The van der Waals surface area contributed by atoms with Crippen LogP contribution in [0.5, 0.6) is 5.75 Å². The maximum Gasteiger partial charge on any atom is 0.178 e. The van der Waals surface area contributed by atoms with Crippen molar-refractivity contribution in [3.63, 3.8) is 0 Å². The zero-order valence-electron chi connectivity index (χ0n) is 22.1. The third kappa shape index (κ3) is 4.84. The molecule has 1 atom stereocenters. The minimum Gasteiger partial charge on any atom is -0.491 e. The van der Waals surface area contributed by atoms with Crippen LogP contribution >= 0.6 is 0 Å². The van der Waals surface area contributed by atoms with Crippen LogP contribution in [0.3, 0.4) is 0 Å². The molecule has 1 fully saturated rings. The normalized spacial score (nSPS) is 17.8. The fourth-order valence-electron chi connectivity index (χ4n) is 5.07. The predicted molar refractivity (Wildman–Crippen MR) is 139 cm³/mol. The number of aliphatic hydroxyl groups excluding tert-OH is 1. The van der Waals surface area contributed by atoms with Gasteiger partial charge in [0.15, 0.2) is 5.82 Å². The zero-order chi connectivity index (χ0) is 26.5. The number of aromatic nitrogens is 5. The number of piperidine rings is 1. The molecule has 0 bridgehead atoms. The summed E-state index contributed by atoms with van der Waals surface area (Å²) in [5.74, 6) is 1.86. The quantitative estimate of drug-likeness (QED) is 0.520. The van der Waals surface area contributed by atoms with E-state index in [0.29, 0.717) is 73.6 Å². The van der Waals surface area contributed by atoms with E-state index in [2.05, 4.69) is 15.0 Å². The van der Waals surface area contributed by atoms with Crippen molar-refractivity contribution in [1.29, 1.82) is 0 Å². The van der Waals surface area contributed by atoms with Crippen molar-refractivity contribution < 1.29 is 18.4 Å². The maximum atomic E-state index is 15.3. The first kappa shape index (κ1) is 26.0. The molecule has 0 amide bonds. The highest BCUT2D eigenvalue weighted by Gasteiger charge is 2.34. The fourth-order valence-corrected chi connectivity index (χ4v) is 6.55. The van der Waals surface area contributed by atoms with Crippen LogP contribution in [0.2, 0.25) is 0 Å². The van der Waals surface area contributed by atoms with Gasteiger partial charge in [-0.1, -0.05) is 0 Å². The number of ether oxygens (including phenoxy) is 1. The molecule has 11 heteroatoms. The van der Waals surface area contributed by atoms with Crippen LogP contribution in [0, 0.1) is 12.7 Å². The standard InChI is InChI=1S/C26H35FN6O3S/c1-16(2)33-25(28-17(3)30-33)21-14-31-10-11-36-22-13-20(27)23(12-19(22)24(31)29-21)37(35)18-6-8-32(9-7-18)26(4,5)15-34/h12-14,16,18,34H,6-11,15H2,1-5H3. The molecule has 2 aromatic heterocycles. The van der Waals surface area contributed by atoms with Crippen LogP contribution in [-0.2, 0) is 17.3 Å². The first-order chi connectivity index (χ1) is 17.6. The van der Waals surface area contributed by atoms with Gasteiger partial charge in [0.05, 0.1) is 34.4 Å².